The Kier molecular flexibility index (Phi) is 7.82. The lowest BCUT2D eigenvalue weighted by Crippen LogP contribution is -2.39. The van der Waals surface area contributed by atoms with E-state index in [0.29, 0.717) is 24.5 Å². The third-order valence-corrected chi connectivity index (χ3v) is 6.97. The van der Waals surface area contributed by atoms with Crippen LogP contribution in [0.25, 0.3) is 0 Å². The molecule has 0 atom stereocenters. The molecule has 208 valence electrons. The Morgan fingerprint density at radius 2 is 1.32 bits per heavy atom. The molecule has 4 aromatic carbocycles. The van der Waals surface area contributed by atoms with Crippen molar-refractivity contribution in [1.29, 1.82) is 0 Å². The molecule has 1 aromatic heterocycles. The van der Waals surface area contributed by atoms with Crippen molar-refractivity contribution in [3.05, 3.63) is 134 Å². The molecule has 10 heteroatoms. The highest BCUT2D eigenvalue weighted by atomic mass is 16.4. The molecule has 0 aliphatic heterocycles. The average Bonchev–Trinajstić information content (AvgIpc) is 3.35. The summed E-state index contributed by atoms with van der Waals surface area (Å²) < 4.78 is 1.68. The predicted molar refractivity (Wildman–Crippen MR) is 160 cm³/mol. The standard InChI is InChI=1S/C31H30N6O4/c1-37-29(24(20-34-37)35-26-25(27(38)28(26)39)32-18-11-19-33-30(40)41)36-31(21-12-5-2-6-13-21,22-14-7-3-8-15-22)23-16-9-4-10-17-23/h2-10,12-17,20,32-33,35-36H,11,18-19H2,1H3,(H,40,41). The SMILES string of the molecule is Cn1ncc(Nc2c(NCCCNC(=O)O)c(=O)c2=O)c1NC(c1ccccc1)(c1ccccc1)c1ccccc1. The van der Waals surface area contributed by atoms with E-state index in [4.69, 9.17) is 5.11 Å². The van der Waals surface area contributed by atoms with Gasteiger partial charge in [-0.25, -0.2) is 4.79 Å². The minimum atomic E-state index is -1.12. The van der Waals surface area contributed by atoms with Gasteiger partial charge in [0.05, 0.1) is 6.20 Å². The van der Waals surface area contributed by atoms with E-state index in [1.165, 1.54) is 0 Å². The van der Waals surface area contributed by atoms with Gasteiger partial charge in [-0.3, -0.25) is 14.3 Å². The van der Waals surface area contributed by atoms with Crippen molar-refractivity contribution >= 4 is 29.0 Å². The van der Waals surface area contributed by atoms with E-state index < -0.39 is 22.5 Å². The number of carboxylic acid groups (broad SMARTS) is 1. The minimum absolute atomic E-state index is 0.141. The Morgan fingerprint density at radius 1 is 0.805 bits per heavy atom. The molecule has 0 saturated heterocycles. The van der Waals surface area contributed by atoms with Gasteiger partial charge in [0.2, 0.25) is 0 Å². The maximum atomic E-state index is 12.6. The number of benzene rings is 3. The molecule has 41 heavy (non-hydrogen) atoms. The number of rotatable bonds is 12. The Labute approximate surface area is 236 Å². The number of nitrogens with one attached hydrogen (secondary N) is 4. The number of aromatic nitrogens is 2. The zero-order valence-electron chi connectivity index (χ0n) is 22.4. The first-order chi connectivity index (χ1) is 19.9. The molecule has 5 aromatic rings. The Morgan fingerprint density at radius 3 is 1.83 bits per heavy atom. The fourth-order valence-electron chi connectivity index (χ4n) is 4.95. The third kappa shape index (κ3) is 5.40. The fraction of sp³-hybridized carbons (Fsp3) is 0.161. The maximum Gasteiger partial charge on any atom is 0.404 e. The highest BCUT2D eigenvalue weighted by Crippen LogP contribution is 2.41. The molecule has 0 spiro atoms. The predicted octanol–water partition coefficient (Wildman–Crippen LogP) is 4.23. The maximum absolute atomic E-state index is 12.6. The van der Waals surface area contributed by atoms with Crippen molar-refractivity contribution < 1.29 is 9.90 Å². The first-order valence-corrected chi connectivity index (χ1v) is 13.2. The zero-order valence-corrected chi connectivity index (χ0v) is 22.4. The highest BCUT2D eigenvalue weighted by molar-refractivity contribution is 5.83. The first-order valence-electron chi connectivity index (χ1n) is 13.2. The molecular weight excluding hydrogens is 520 g/mol. The molecule has 1 amide bonds. The molecule has 0 unspecified atom stereocenters. The number of hydrogen-bond acceptors (Lipinski definition) is 7. The lowest BCUT2D eigenvalue weighted by atomic mass is 9.77. The van der Waals surface area contributed by atoms with Crippen LogP contribution in [0.5, 0.6) is 0 Å². The van der Waals surface area contributed by atoms with Gasteiger partial charge >= 0.3 is 6.09 Å². The van der Waals surface area contributed by atoms with E-state index in [-0.39, 0.29) is 17.9 Å². The quantitative estimate of drug-likeness (QED) is 0.0884. The largest absolute Gasteiger partial charge is 0.465 e. The number of hydrogen-bond donors (Lipinski definition) is 5. The van der Waals surface area contributed by atoms with Gasteiger partial charge in [0.15, 0.2) is 0 Å². The van der Waals surface area contributed by atoms with Crippen molar-refractivity contribution in [2.45, 2.75) is 12.0 Å². The van der Waals surface area contributed by atoms with Crippen molar-refractivity contribution in [2.75, 3.05) is 29.0 Å². The van der Waals surface area contributed by atoms with Crippen LogP contribution in [0.4, 0.5) is 27.7 Å². The summed E-state index contributed by atoms with van der Waals surface area (Å²) in [4.78, 5) is 35.6. The molecular formula is C31H30N6O4. The van der Waals surface area contributed by atoms with Crippen LogP contribution in [0, 0.1) is 0 Å². The average molecular weight is 551 g/mol. The van der Waals surface area contributed by atoms with Crippen LogP contribution >= 0.6 is 0 Å². The van der Waals surface area contributed by atoms with Crippen molar-refractivity contribution in [2.24, 2.45) is 7.05 Å². The molecule has 0 radical (unpaired) electrons. The molecule has 5 N–H and O–H groups in total. The van der Waals surface area contributed by atoms with Gasteiger partial charge in [0.1, 0.15) is 28.4 Å². The molecule has 0 aliphatic carbocycles. The molecule has 1 heterocycles. The second-order valence-electron chi connectivity index (χ2n) is 9.55. The van der Waals surface area contributed by atoms with Crippen LogP contribution < -0.4 is 32.1 Å². The topological polar surface area (TPSA) is 137 Å². The number of anilines is 4. The lowest BCUT2D eigenvalue weighted by molar-refractivity contribution is 0.194. The van der Waals surface area contributed by atoms with Gasteiger partial charge in [-0.2, -0.15) is 5.10 Å². The molecule has 10 nitrogen and oxygen atoms in total. The molecule has 5 rings (SSSR count). The van der Waals surface area contributed by atoms with E-state index >= 15 is 0 Å². The second-order valence-corrected chi connectivity index (χ2v) is 9.55. The summed E-state index contributed by atoms with van der Waals surface area (Å²) in [7, 11) is 1.80. The summed E-state index contributed by atoms with van der Waals surface area (Å²) in [6, 6.07) is 30.3. The van der Waals surface area contributed by atoms with Gasteiger partial charge in [0.25, 0.3) is 10.9 Å². The van der Waals surface area contributed by atoms with Gasteiger partial charge in [-0.15, -0.1) is 0 Å². The summed E-state index contributed by atoms with van der Waals surface area (Å²) in [5.74, 6) is 0.603. The van der Waals surface area contributed by atoms with Crippen LogP contribution in [0.2, 0.25) is 0 Å². The van der Waals surface area contributed by atoms with E-state index in [2.05, 4.69) is 62.8 Å². The van der Waals surface area contributed by atoms with E-state index in [9.17, 15) is 14.4 Å². The first kappa shape index (κ1) is 27.2. The smallest absolute Gasteiger partial charge is 0.404 e. The zero-order chi connectivity index (χ0) is 28.8. The summed E-state index contributed by atoms with van der Waals surface area (Å²) >= 11 is 0. The molecule has 0 bridgehead atoms. The van der Waals surface area contributed by atoms with E-state index in [1.807, 2.05) is 54.6 Å². The van der Waals surface area contributed by atoms with E-state index in [0.717, 1.165) is 16.7 Å². The fourth-order valence-corrected chi connectivity index (χ4v) is 4.95. The Hall–Kier alpha value is -5.38. The summed E-state index contributed by atoms with van der Waals surface area (Å²) in [6.45, 7) is 0.537. The van der Waals surface area contributed by atoms with Crippen molar-refractivity contribution in [1.82, 2.24) is 15.1 Å². The van der Waals surface area contributed by atoms with Gasteiger partial charge in [-0.05, 0) is 23.1 Å². The summed E-state index contributed by atoms with van der Waals surface area (Å²) in [5, 5.41) is 25.3. The third-order valence-electron chi connectivity index (χ3n) is 6.97. The normalized spacial score (nSPS) is 11.2. The lowest BCUT2D eigenvalue weighted by Gasteiger charge is -2.38. The monoisotopic (exact) mass is 550 g/mol. The van der Waals surface area contributed by atoms with Crippen LogP contribution in [0.1, 0.15) is 23.1 Å². The molecule has 0 fully saturated rings. The van der Waals surface area contributed by atoms with Crippen LogP contribution in [-0.4, -0.2) is 34.1 Å². The van der Waals surface area contributed by atoms with E-state index in [1.54, 1.807) is 17.9 Å². The van der Waals surface area contributed by atoms with Crippen LogP contribution in [0.3, 0.4) is 0 Å². The van der Waals surface area contributed by atoms with Crippen LogP contribution in [-0.2, 0) is 12.6 Å². The second kappa shape index (κ2) is 11.8. The summed E-state index contributed by atoms with van der Waals surface area (Å²) in [5.41, 5.74) is 1.73. The van der Waals surface area contributed by atoms with Crippen molar-refractivity contribution in [3.63, 3.8) is 0 Å². The van der Waals surface area contributed by atoms with Gasteiger partial charge in [-0.1, -0.05) is 91.0 Å². The van der Waals surface area contributed by atoms with Crippen molar-refractivity contribution in [3.8, 4) is 0 Å². The van der Waals surface area contributed by atoms with Gasteiger partial charge < -0.3 is 26.4 Å². The molecule has 0 saturated carbocycles. The van der Waals surface area contributed by atoms with Crippen LogP contribution in [0.15, 0.2) is 107 Å². The number of amides is 1. The Bertz CT molecular complexity index is 1600. The number of carbonyl (C=O) groups is 1. The Balaban J connectivity index is 1.53. The minimum Gasteiger partial charge on any atom is -0.465 e. The highest BCUT2D eigenvalue weighted by Gasteiger charge is 2.38. The van der Waals surface area contributed by atoms with Gasteiger partial charge in [0, 0.05) is 20.1 Å². The number of aryl methyl sites for hydroxylation is 1. The number of nitrogens with zero attached hydrogens (tertiary/aromatic N) is 2. The summed E-state index contributed by atoms with van der Waals surface area (Å²) in [6.07, 6.45) is 0.930. The molecule has 0 aliphatic rings.